The van der Waals surface area contributed by atoms with E-state index in [4.69, 9.17) is 11.6 Å². The Balaban J connectivity index is 2.16. The number of nitrogens with zero attached hydrogens (tertiary/aromatic N) is 1. The molecule has 0 saturated carbocycles. The topological polar surface area (TPSA) is 20.9 Å². The third-order valence-corrected chi connectivity index (χ3v) is 3.98. The third-order valence-electron chi connectivity index (χ3n) is 2.73. The van der Waals surface area contributed by atoms with E-state index in [1.165, 1.54) is 0 Å². The molecule has 0 N–H and O–H groups in total. The molecule has 2 aromatic carbocycles. The summed E-state index contributed by atoms with van der Waals surface area (Å²) in [6, 6.07) is 14.9. The Bertz CT molecular complexity index is 735. The van der Waals surface area contributed by atoms with Crippen molar-refractivity contribution in [1.82, 2.24) is 0 Å². The maximum absolute atomic E-state index is 12.4. The highest BCUT2D eigenvalue weighted by Crippen LogP contribution is 2.18. The zero-order valence-corrected chi connectivity index (χ0v) is 10.9. The Hall–Kier alpha value is -1.71. The van der Waals surface area contributed by atoms with Crippen LogP contribution in [0.4, 0.5) is 0 Å². The van der Waals surface area contributed by atoms with Gasteiger partial charge >= 0.3 is 5.91 Å². The van der Waals surface area contributed by atoms with Crippen LogP contribution in [-0.2, 0) is 0 Å². The minimum absolute atomic E-state index is 0.0990. The highest BCUT2D eigenvalue weighted by molar-refractivity contribution is 7.16. The highest BCUT2D eigenvalue weighted by atomic mass is 35.5. The fraction of sp³-hybridized carbons (Fsp3) is 0. The van der Waals surface area contributed by atoms with Crippen molar-refractivity contribution in [2.45, 2.75) is 0 Å². The normalized spacial score (nSPS) is 10.7. The molecule has 4 heteroatoms. The van der Waals surface area contributed by atoms with Gasteiger partial charge < -0.3 is 0 Å². The predicted molar refractivity (Wildman–Crippen MR) is 73.2 cm³/mol. The second kappa shape index (κ2) is 4.52. The number of benzene rings is 2. The van der Waals surface area contributed by atoms with Crippen LogP contribution >= 0.6 is 22.9 Å². The van der Waals surface area contributed by atoms with Crippen LogP contribution in [0.25, 0.3) is 10.2 Å². The van der Waals surface area contributed by atoms with Gasteiger partial charge in [0.05, 0.1) is 5.02 Å². The number of fused-ring (bicyclic) bond motifs is 1. The fourth-order valence-electron chi connectivity index (χ4n) is 1.84. The minimum atomic E-state index is -0.0990. The van der Waals surface area contributed by atoms with Gasteiger partial charge in [-0.2, -0.15) is 0 Å². The average molecular weight is 275 g/mol. The number of halogens is 1. The number of hydrogen-bond donors (Lipinski definition) is 0. The molecule has 0 radical (unpaired) electrons. The fourth-order valence-corrected chi connectivity index (χ4v) is 2.93. The van der Waals surface area contributed by atoms with Crippen LogP contribution in [0.5, 0.6) is 0 Å². The molecule has 0 amide bonds. The highest BCUT2D eigenvalue weighted by Gasteiger charge is 2.24. The van der Waals surface area contributed by atoms with E-state index < -0.39 is 0 Å². The van der Waals surface area contributed by atoms with E-state index in [0.29, 0.717) is 10.6 Å². The van der Waals surface area contributed by atoms with Gasteiger partial charge in [-0.05, 0) is 18.2 Å². The number of carbonyl (C=O) groups is 1. The molecule has 0 aliphatic rings. The Morgan fingerprint density at radius 3 is 2.61 bits per heavy atom. The molecule has 3 aromatic rings. The van der Waals surface area contributed by atoms with E-state index in [0.717, 1.165) is 10.2 Å². The molecule has 88 valence electrons. The lowest BCUT2D eigenvalue weighted by molar-refractivity contribution is -0.537. The average Bonchev–Trinajstić information content (AvgIpc) is 2.82. The van der Waals surface area contributed by atoms with Crippen molar-refractivity contribution >= 4 is 39.1 Å². The summed E-state index contributed by atoms with van der Waals surface area (Å²) in [7, 11) is 0. The van der Waals surface area contributed by atoms with Crippen molar-refractivity contribution in [3.8, 4) is 0 Å². The minimum Gasteiger partial charge on any atom is -0.214 e. The van der Waals surface area contributed by atoms with E-state index >= 15 is 0 Å². The van der Waals surface area contributed by atoms with Gasteiger partial charge in [-0.15, -0.1) is 4.57 Å². The summed E-state index contributed by atoms with van der Waals surface area (Å²) in [4.78, 5) is 12.4. The van der Waals surface area contributed by atoms with E-state index in [9.17, 15) is 4.79 Å². The number of thiazole rings is 1. The molecule has 0 saturated heterocycles. The van der Waals surface area contributed by atoms with Crippen molar-refractivity contribution in [2.75, 3.05) is 0 Å². The second-order valence-electron chi connectivity index (χ2n) is 3.85. The number of hydrogen-bond acceptors (Lipinski definition) is 2. The predicted octanol–water partition coefficient (Wildman–Crippen LogP) is 3.53. The first-order valence-electron chi connectivity index (χ1n) is 5.44. The van der Waals surface area contributed by atoms with E-state index in [-0.39, 0.29) is 5.91 Å². The van der Waals surface area contributed by atoms with Crippen molar-refractivity contribution < 1.29 is 9.36 Å². The zero-order chi connectivity index (χ0) is 12.5. The first-order valence-corrected chi connectivity index (χ1v) is 6.70. The first kappa shape index (κ1) is 11.4. The van der Waals surface area contributed by atoms with Crippen LogP contribution in [0.15, 0.2) is 54.0 Å². The van der Waals surface area contributed by atoms with Gasteiger partial charge in [0.15, 0.2) is 0 Å². The van der Waals surface area contributed by atoms with Crippen LogP contribution in [0, 0.1) is 0 Å². The summed E-state index contributed by atoms with van der Waals surface area (Å²) in [6.07, 6.45) is 0. The molecule has 3 rings (SSSR count). The van der Waals surface area contributed by atoms with Crippen molar-refractivity contribution in [3.63, 3.8) is 0 Å². The van der Waals surface area contributed by atoms with Crippen molar-refractivity contribution in [3.05, 3.63) is 64.6 Å². The molecule has 1 aromatic heterocycles. The summed E-state index contributed by atoms with van der Waals surface area (Å²) in [5.74, 6) is -0.0990. The molecular formula is C14H9ClNOS+. The standard InChI is InChI=1S/C14H9ClNOS/c15-11-6-2-1-5-10(11)14(17)16-9-18-13-8-4-3-7-12(13)16/h1-9H/q+1. The number of para-hydroxylation sites is 1. The van der Waals surface area contributed by atoms with Gasteiger partial charge in [-0.25, -0.2) is 4.79 Å². The molecule has 0 atom stereocenters. The van der Waals surface area contributed by atoms with Gasteiger partial charge in [0.25, 0.3) is 0 Å². The molecule has 0 fully saturated rings. The number of rotatable bonds is 1. The summed E-state index contributed by atoms with van der Waals surface area (Å²) in [5, 5.41) is 0.477. The zero-order valence-electron chi connectivity index (χ0n) is 9.34. The lowest BCUT2D eigenvalue weighted by Gasteiger charge is -1.96. The van der Waals surface area contributed by atoms with Crippen LogP contribution in [0.2, 0.25) is 5.02 Å². The maximum atomic E-state index is 12.4. The quantitative estimate of drug-likeness (QED) is 0.622. The summed E-state index contributed by atoms with van der Waals surface area (Å²) in [5.41, 5.74) is 3.25. The van der Waals surface area contributed by atoms with Gasteiger partial charge in [0, 0.05) is 6.07 Å². The van der Waals surface area contributed by atoms with Crippen LogP contribution in [-0.4, -0.2) is 5.91 Å². The van der Waals surface area contributed by atoms with Gasteiger partial charge in [0.2, 0.25) is 11.0 Å². The molecule has 2 nitrogen and oxygen atoms in total. The van der Waals surface area contributed by atoms with Gasteiger partial charge in [0.1, 0.15) is 10.3 Å². The smallest absolute Gasteiger partial charge is 0.214 e. The molecule has 18 heavy (non-hydrogen) atoms. The molecular weight excluding hydrogens is 266 g/mol. The molecule has 0 spiro atoms. The summed E-state index contributed by atoms with van der Waals surface area (Å²) >= 11 is 7.60. The van der Waals surface area contributed by atoms with Crippen LogP contribution in [0.3, 0.4) is 0 Å². The molecule has 0 bridgehead atoms. The summed E-state index contributed by atoms with van der Waals surface area (Å²) < 4.78 is 2.72. The molecule has 0 aliphatic carbocycles. The number of aromatic nitrogens is 1. The lowest BCUT2D eigenvalue weighted by atomic mass is 10.2. The molecule has 0 aliphatic heterocycles. The van der Waals surface area contributed by atoms with Crippen molar-refractivity contribution in [2.24, 2.45) is 0 Å². The Kier molecular flexibility index (Phi) is 2.86. The van der Waals surface area contributed by atoms with Gasteiger partial charge in [-0.1, -0.05) is 47.2 Å². The Morgan fingerprint density at radius 1 is 1.06 bits per heavy atom. The maximum Gasteiger partial charge on any atom is 0.427 e. The molecule has 0 unspecified atom stereocenters. The molecule has 1 heterocycles. The lowest BCUT2D eigenvalue weighted by Crippen LogP contribution is -2.41. The third kappa shape index (κ3) is 1.82. The van der Waals surface area contributed by atoms with Crippen molar-refractivity contribution in [1.29, 1.82) is 0 Å². The van der Waals surface area contributed by atoms with Crippen LogP contribution < -0.4 is 4.57 Å². The SMILES string of the molecule is O=C(c1ccccc1Cl)[n+]1csc2ccccc21. The largest absolute Gasteiger partial charge is 0.427 e. The monoisotopic (exact) mass is 274 g/mol. The van der Waals surface area contributed by atoms with E-state index in [1.807, 2.05) is 41.9 Å². The van der Waals surface area contributed by atoms with Crippen LogP contribution in [0.1, 0.15) is 10.4 Å². The summed E-state index contributed by atoms with van der Waals surface area (Å²) in [6.45, 7) is 0. The van der Waals surface area contributed by atoms with E-state index in [2.05, 4.69) is 0 Å². The van der Waals surface area contributed by atoms with Gasteiger partial charge in [-0.3, -0.25) is 0 Å². The number of carbonyl (C=O) groups excluding carboxylic acids is 1. The van der Waals surface area contributed by atoms with E-state index in [1.54, 1.807) is 28.0 Å². The Labute approximate surface area is 113 Å². The Morgan fingerprint density at radius 2 is 1.78 bits per heavy atom. The second-order valence-corrected chi connectivity index (χ2v) is 5.14. The first-order chi connectivity index (χ1) is 8.77.